The van der Waals surface area contributed by atoms with Crippen LogP contribution in [0.3, 0.4) is 0 Å². The molecular formula is C62H94BrNNiOP4. The standard InChI is InChI=1S/2C18H33P.2C12H11P.C2H6.BrNO.Ni/c2*1-4-10-16(11-5-1)19(17-12-6-2-7-13-17)18-14-8-3-9-15-18;2*1-3-7-11(8-4-1)13-12-9-5-2-6-10-12;1-2;1-2-3;/h2*16-18H,1-15H2;2*1-10,13H;1-2H3;;. The van der Waals surface area contributed by atoms with E-state index in [9.17, 15) is 0 Å². The summed E-state index contributed by atoms with van der Waals surface area (Å²) in [4.78, 5) is 8.47. The van der Waals surface area contributed by atoms with Crippen molar-refractivity contribution in [1.29, 1.82) is 0 Å². The van der Waals surface area contributed by atoms with Gasteiger partial charge in [0.2, 0.25) is 0 Å². The van der Waals surface area contributed by atoms with Crippen LogP contribution in [0.2, 0.25) is 0 Å². The number of nitrogens with zero attached hydrogens (tertiary/aromatic N) is 1. The largest absolute Gasteiger partial charge is 0.137 e. The van der Waals surface area contributed by atoms with Crippen LogP contribution in [0.25, 0.3) is 0 Å². The summed E-state index contributed by atoms with van der Waals surface area (Å²) in [5, 5.41) is 5.59. The zero-order chi connectivity index (χ0) is 48.4. The first kappa shape index (κ1) is 61.7. The van der Waals surface area contributed by atoms with Crippen molar-refractivity contribution in [3.8, 4) is 0 Å². The molecule has 390 valence electrons. The van der Waals surface area contributed by atoms with Gasteiger partial charge >= 0.3 is 0 Å². The van der Waals surface area contributed by atoms with Gasteiger partial charge in [-0.3, -0.25) is 0 Å². The van der Waals surface area contributed by atoms with Crippen LogP contribution in [0.4, 0.5) is 0 Å². The van der Waals surface area contributed by atoms with E-state index in [1.165, 1.54) is 93.7 Å². The number of hydrogen-bond acceptors (Lipinski definition) is 2. The fraction of sp³-hybridized carbons (Fsp3) is 0.613. The van der Waals surface area contributed by atoms with Crippen LogP contribution in [0.1, 0.15) is 206 Å². The van der Waals surface area contributed by atoms with Crippen molar-refractivity contribution in [2.45, 2.75) is 240 Å². The summed E-state index contributed by atoms with van der Waals surface area (Å²) in [5.41, 5.74) is 7.14. The van der Waals surface area contributed by atoms with Crippen LogP contribution in [-0.4, -0.2) is 34.0 Å². The molecule has 0 N–H and O–H groups in total. The summed E-state index contributed by atoms with van der Waals surface area (Å²) in [6.07, 6.45) is 47.2. The van der Waals surface area contributed by atoms with Gasteiger partial charge in [0, 0.05) is 20.7 Å². The van der Waals surface area contributed by atoms with Gasteiger partial charge in [0.1, 0.15) is 16.1 Å². The van der Waals surface area contributed by atoms with Gasteiger partial charge in [-0.05, 0) is 132 Å². The second-order valence-corrected chi connectivity index (χ2v) is 29.7. The van der Waals surface area contributed by atoms with Gasteiger partial charge < -0.3 is 0 Å². The Balaban J connectivity index is 0.000000198. The van der Waals surface area contributed by atoms with E-state index in [1.807, 2.05) is 13.8 Å². The van der Waals surface area contributed by atoms with E-state index >= 15 is 0 Å². The zero-order valence-corrected chi connectivity index (χ0v) is 50.0. The van der Waals surface area contributed by atoms with Crippen molar-refractivity contribution < 1.29 is 16.5 Å². The Morgan fingerprint density at radius 1 is 0.329 bits per heavy atom. The van der Waals surface area contributed by atoms with Gasteiger partial charge in [-0.15, -0.1) is 4.91 Å². The van der Waals surface area contributed by atoms with Crippen LogP contribution in [0.15, 0.2) is 126 Å². The minimum atomic E-state index is 0. The molecule has 0 bridgehead atoms. The molecule has 0 amide bonds. The molecule has 4 aromatic carbocycles. The number of halogens is 1. The molecule has 10 rings (SSSR count). The SMILES string of the molecule is C1CCC(P(C2CCCCC2)C2CCCCC2)CC1.C1CCC(P(C2CCCCC2)C2CCCCC2)CC1.CC.O=NBr.[Ni].c1ccc(Pc2ccccc2)cc1.c1ccc(Pc2ccccc2)cc1. The van der Waals surface area contributed by atoms with Crippen molar-refractivity contribution in [1.82, 2.24) is 0 Å². The van der Waals surface area contributed by atoms with E-state index in [2.05, 4.69) is 142 Å². The average Bonchev–Trinajstić information content (AvgIpc) is 3.43. The molecule has 6 aliphatic carbocycles. The summed E-state index contributed by atoms with van der Waals surface area (Å²) < 4.78 is 2.06. The molecular weight excluding hydrogens is 1040 g/mol. The van der Waals surface area contributed by atoms with Gasteiger partial charge in [0.15, 0.2) is 0 Å². The van der Waals surface area contributed by atoms with Crippen molar-refractivity contribution >= 4 is 70.4 Å². The molecule has 0 saturated heterocycles. The molecule has 6 fully saturated rings. The van der Waals surface area contributed by atoms with E-state index in [4.69, 9.17) is 4.91 Å². The average molecular weight is 1130 g/mol. The number of rotatable bonds is 10. The van der Waals surface area contributed by atoms with Crippen LogP contribution in [-0.2, 0) is 16.5 Å². The summed E-state index contributed by atoms with van der Waals surface area (Å²) in [7, 11) is 2.32. The topological polar surface area (TPSA) is 29.4 Å². The quantitative estimate of drug-likeness (QED) is 0.0884. The molecule has 70 heavy (non-hydrogen) atoms. The maximum atomic E-state index is 8.47. The van der Waals surface area contributed by atoms with Crippen molar-refractivity contribution in [2.75, 3.05) is 0 Å². The molecule has 0 aliphatic heterocycles. The molecule has 0 radical (unpaired) electrons. The molecule has 6 aliphatic rings. The van der Waals surface area contributed by atoms with Crippen LogP contribution < -0.4 is 21.2 Å². The van der Waals surface area contributed by atoms with Crippen LogP contribution in [0.5, 0.6) is 0 Å². The van der Waals surface area contributed by atoms with E-state index < -0.39 is 0 Å². The van der Waals surface area contributed by atoms with Gasteiger partial charge in [-0.1, -0.05) is 284 Å². The van der Waals surface area contributed by atoms with Crippen molar-refractivity contribution in [3.63, 3.8) is 0 Å². The van der Waals surface area contributed by atoms with Crippen molar-refractivity contribution in [2.24, 2.45) is 4.20 Å². The summed E-state index contributed by atoms with van der Waals surface area (Å²) >= 11 is 2.22. The first-order valence-corrected chi connectivity index (χ1v) is 34.3. The maximum Gasteiger partial charge on any atom is 0.126 e. The third kappa shape index (κ3) is 23.8. The minimum absolute atomic E-state index is 0. The Bertz CT molecular complexity index is 1500. The summed E-state index contributed by atoms with van der Waals surface area (Å²) in [6.45, 7) is 4.00. The maximum absolute atomic E-state index is 8.47. The van der Waals surface area contributed by atoms with Gasteiger partial charge in [0.25, 0.3) is 0 Å². The number of nitroso groups, excluding NO2 is 1. The monoisotopic (exact) mass is 1130 g/mol. The fourth-order valence-electron chi connectivity index (χ4n) is 12.5. The zero-order valence-electron chi connectivity index (χ0n) is 43.7. The first-order chi connectivity index (χ1) is 34.2. The Kier molecular flexibility index (Phi) is 34.9. The Hall–Kier alpha value is -0.826. The Morgan fingerprint density at radius 2 is 0.471 bits per heavy atom. The normalized spacial score (nSPS) is 19.6. The smallest absolute Gasteiger partial charge is 0.126 e. The van der Waals surface area contributed by atoms with Crippen LogP contribution in [0, 0.1) is 4.91 Å². The predicted octanol–water partition coefficient (Wildman–Crippen LogP) is 19.7. The van der Waals surface area contributed by atoms with Gasteiger partial charge in [-0.25, -0.2) is 0 Å². The second kappa shape index (κ2) is 39.6. The van der Waals surface area contributed by atoms with Crippen molar-refractivity contribution in [3.05, 3.63) is 126 Å². The fourth-order valence-corrected chi connectivity index (χ4v) is 23.9. The third-order valence-electron chi connectivity index (χ3n) is 15.7. The molecule has 0 unspecified atom stereocenters. The molecule has 0 aromatic heterocycles. The van der Waals surface area contributed by atoms with Crippen LogP contribution >= 0.6 is 49.2 Å². The third-order valence-corrected chi connectivity index (χ3v) is 26.3. The molecule has 0 atom stereocenters. The summed E-state index contributed by atoms with van der Waals surface area (Å²) in [6, 6.07) is 42.3. The van der Waals surface area contributed by atoms with Gasteiger partial charge in [0.05, 0.1) is 0 Å². The molecule has 0 heterocycles. The van der Waals surface area contributed by atoms with E-state index in [0.29, 0.717) is 15.8 Å². The molecule has 6 saturated carbocycles. The summed E-state index contributed by atoms with van der Waals surface area (Å²) in [5.74, 6) is 0. The Morgan fingerprint density at radius 3 is 0.614 bits per heavy atom. The number of hydrogen-bond donors (Lipinski definition) is 0. The van der Waals surface area contributed by atoms with Gasteiger partial charge in [-0.2, -0.15) is 0 Å². The molecule has 2 nitrogen and oxygen atoms in total. The number of benzene rings is 4. The van der Waals surface area contributed by atoms with E-state index in [0.717, 1.165) is 17.2 Å². The van der Waals surface area contributed by atoms with E-state index in [1.54, 1.807) is 154 Å². The molecule has 0 spiro atoms. The molecule has 8 heteroatoms. The molecule has 4 aromatic rings. The van der Waals surface area contributed by atoms with E-state index in [-0.39, 0.29) is 16.5 Å². The Labute approximate surface area is 454 Å². The minimum Gasteiger partial charge on any atom is -0.137 e. The first-order valence-electron chi connectivity index (χ1n) is 28.4. The predicted molar refractivity (Wildman–Crippen MR) is 322 cm³/mol. The second-order valence-electron chi connectivity index (χ2n) is 20.4.